The van der Waals surface area contributed by atoms with Gasteiger partial charge in [0.05, 0.1) is 13.5 Å². The molecular weight excluding hydrogens is 250 g/mol. The molecule has 0 fully saturated rings. The quantitative estimate of drug-likeness (QED) is 0.800. The number of carbonyl (C=O) groups is 2. The highest BCUT2D eigenvalue weighted by molar-refractivity contribution is 7.99. The third-order valence-electron chi connectivity index (χ3n) is 2.45. The van der Waals surface area contributed by atoms with Crippen LogP contribution in [-0.4, -0.2) is 24.2 Å². The van der Waals surface area contributed by atoms with Crippen LogP contribution in [0.15, 0.2) is 24.3 Å². The summed E-state index contributed by atoms with van der Waals surface area (Å²) in [4.78, 5) is 22.0. The van der Waals surface area contributed by atoms with Gasteiger partial charge in [0, 0.05) is 16.6 Å². The van der Waals surface area contributed by atoms with E-state index < -0.39 is 5.91 Å². The van der Waals surface area contributed by atoms with Crippen LogP contribution in [0.1, 0.15) is 29.3 Å². The second-order valence-electron chi connectivity index (χ2n) is 3.96. The molecule has 0 aliphatic heterocycles. The molecular formula is C13H17NO3S. The molecule has 5 heteroatoms. The first-order valence-electron chi connectivity index (χ1n) is 5.60. The van der Waals surface area contributed by atoms with Crippen LogP contribution in [0.3, 0.4) is 0 Å². The smallest absolute Gasteiger partial charge is 0.306 e. The van der Waals surface area contributed by atoms with E-state index in [4.69, 9.17) is 5.73 Å². The van der Waals surface area contributed by atoms with E-state index in [1.807, 2.05) is 19.1 Å². The van der Waals surface area contributed by atoms with Crippen molar-refractivity contribution in [2.45, 2.75) is 24.3 Å². The number of amides is 1. The lowest BCUT2D eigenvalue weighted by atomic mass is 10.1. The second kappa shape index (κ2) is 7.06. The van der Waals surface area contributed by atoms with Crippen LogP contribution in [-0.2, 0) is 15.3 Å². The number of methoxy groups -OCH3 is 1. The van der Waals surface area contributed by atoms with Crippen molar-refractivity contribution in [3.05, 3.63) is 35.4 Å². The van der Waals surface area contributed by atoms with Crippen molar-refractivity contribution in [2.24, 2.45) is 5.73 Å². The number of carbonyl (C=O) groups excluding carboxylic acids is 2. The van der Waals surface area contributed by atoms with E-state index in [1.54, 1.807) is 23.9 Å². The average Bonchev–Trinajstić information content (AvgIpc) is 2.36. The Morgan fingerprint density at radius 3 is 2.44 bits per heavy atom. The molecule has 0 heterocycles. The molecule has 0 radical (unpaired) electrons. The summed E-state index contributed by atoms with van der Waals surface area (Å²) in [6, 6.07) is 7.17. The van der Waals surface area contributed by atoms with Crippen LogP contribution in [0.2, 0.25) is 0 Å². The lowest BCUT2D eigenvalue weighted by molar-refractivity contribution is -0.140. The first-order valence-corrected chi connectivity index (χ1v) is 6.65. The molecule has 0 saturated carbocycles. The molecule has 1 unspecified atom stereocenters. The van der Waals surface area contributed by atoms with E-state index in [2.05, 4.69) is 4.74 Å². The third kappa shape index (κ3) is 4.79. The van der Waals surface area contributed by atoms with E-state index in [-0.39, 0.29) is 11.2 Å². The minimum Gasteiger partial charge on any atom is -0.469 e. The molecule has 0 aromatic heterocycles. The number of thioether (sulfide) groups is 1. The van der Waals surface area contributed by atoms with E-state index >= 15 is 0 Å². The Hall–Kier alpha value is -1.49. The first kappa shape index (κ1) is 14.6. The van der Waals surface area contributed by atoms with Crippen molar-refractivity contribution in [3.8, 4) is 0 Å². The molecule has 4 nitrogen and oxygen atoms in total. The molecule has 1 aromatic carbocycles. The predicted octanol–water partition coefficient (Wildman–Crippen LogP) is 1.97. The third-order valence-corrected chi connectivity index (χ3v) is 3.69. The van der Waals surface area contributed by atoms with Crippen LogP contribution < -0.4 is 5.73 Å². The second-order valence-corrected chi connectivity index (χ2v) is 5.39. The summed E-state index contributed by atoms with van der Waals surface area (Å²) in [6.07, 6.45) is 0.403. The summed E-state index contributed by atoms with van der Waals surface area (Å²) in [7, 11) is 1.39. The lowest BCUT2D eigenvalue weighted by Crippen LogP contribution is -2.10. The minimum absolute atomic E-state index is 0.195. The van der Waals surface area contributed by atoms with Gasteiger partial charge in [0.15, 0.2) is 0 Å². The van der Waals surface area contributed by atoms with Gasteiger partial charge >= 0.3 is 5.97 Å². The van der Waals surface area contributed by atoms with Gasteiger partial charge < -0.3 is 10.5 Å². The Labute approximate surface area is 111 Å². The van der Waals surface area contributed by atoms with Gasteiger partial charge in [0.1, 0.15) is 0 Å². The lowest BCUT2D eigenvalue weighted by Gasteiger charge is -2.09. The number of benzene rings is 1. The zero-order chi connectivity index (χ0) is 13.5. The molecule has 0 spiro atoms. The Morgan fingerprint density at radius 1 is 1.33 bits per heavy atom. The highest BCUT2D eigenvalue weighted by Gasteiger charge is 2.09. The van der Waals surface area contributed by atoms with E-state index in [1.165, 1.54) is 7.11 Å². The van der Waals surface area contributed by atoms with Crippen molar-refractivity contribution in [3.63, 3.8) is 0 Å². The van der Waals surface area contributed by atoms with Crippen molar-refractivity contribution in [1.82, 2.24) is 0 Å². The maximum Gasteiger partial charge on any atom is 0.306 e. The number of primary amides is 1. The molecule has 1 amide bonds. The van der Waals surface area contributed by atoms with Crippen LogP contribution in [0.4, 0.5) is 0 Å². The molecule has 98 valence electrons. The highest BCUT2D eigenvalue weighted by Crippen LogP contribution is 2.20. The Balaban J connectivity index is 2.43. The molecule has 2 N–H and O–H groups in total. The SMILES string of the molecule is COC(=O)CC(C)SCc1ccc(C(N)=O)cc1. The number of rotatable bonds is 6. The summed E-state index contributed by atoms with van der Waals surface area (Å²) in [5.74, 6) is 0.171. The zero-order valence-electron chi connectivity index (χ0n) is 10.5. The predicted molar refractivity (Wildman–Crippen MR) is 72.3 cm³/mol. The molecule has 0 aliphatic carbocycles. The monoisotopic (exact) mass is 267 g/mol. The fourth-order valence-electron chi connectivity index (χ4n) is 1.38. The van der Waals surface area contributed by atoms with Crippen molar-refractivity contribution in [2.75, 3.05) is 7.11 Å². The van der Waals surface area contributed by atoms with E-state index in [9.17, 15) is 9.59 Å². The van der Waals surface area contributed by atoms with Gasteiger partial charge in [-0.15, -0.1) is 0 Å². The van der Waals surface area contributed by atoms with Crippen LogP contribution in [0.25, 0.3) is 0 Å². The minimum atomic E-state index is -0.423. The fraction of sp³-hybridized carbons (Fsp3) is 0.385. The normalized spacial score (nSPS) is 11.9. The van der Waals surface area contributed by atoms with Crippen LogP contribution in [0, 0.1) is 0 Å². The summed E-state index contributed by atoms with van der Waals surface area (Å²) < 4.78 is 4.61. The molecule has 1 atom stereocenters. The molecule has 0 bridgehead atoms. The first-order chi connectivity index (χ1) is 8.52. The van der Waals surface area contributed by atoms with Gasteiger partial charge in [0.2, 0.25) is 5.91 Å². The van der Waals surface area contributed by atoms with Gasteiger partial charge in [0.25, 0.3) is 0 Å². The number of hydrogen-bond donors (Lipinski definition) is 1. The zero-order valence-corrected chi connectivity index (χ0v) is 11.3. The van der Waals surface area contributed by atoms with Crippen LogP contribution >= 0.6 is 11.8 Å². The largest absolute Gasteiger partial charge is 0.469 e. The topological polar surface area (TPSA) is 69.4 Å². The van der Waals surface area contributed by atoms with Gasteiger partial charge in [-0.1, -0.05) is 19.1 Å². The van der Waals surface area contributed by atoms with Crippen molar-refractivity contribution < 1.29 is 14.3 Å². The van der Waals surface area contributed by atoms with E-state index in [0.717, 1.165) is 11.3 Å². The summed E-state index contributed by atoms with van der Waals surface area (Å²) in [5.41, 5.74) is 6.77. The van der Waals surface area contributed by atoms with Gasteiger partial charge in [-0.25, -0.2) is 0 Å². The number of nitrogens with two attached hydrogens (primary N) is 1. The van der Waals surface area contributed by atoms with Crippen molar-refractivity contribution >= 4 is 23.6 Å². The molecule has 0 saturated heterocycles. The molecule has 1 rings (SSSR count). The maximum atomic E-state index is 11.1. The van der Waals surface area contributed by atoms with Crippen molar-refractivity contribution in [1.29, 1.82) is 0 Å². The summed E-state index contributed by atoms with van der Waals surface area (Å²) in [5, 5.41) is 0.202. The number of hydrogen-bond acceptors (Lipinski definition) is 4. The van der Waals surface area contributed by atoms with Crippen LogP contribution in [0.5, 0.6) is 0 Å². The Bertz CT molecular complexity index is 417. The van der Waals surface area contributed by atoms with Gasteiger partial charge in [-0.3, -0.25) is 9.59 Å². The fourth-order valence-corrected chi connectivity index (χ4v) is 2.30. The Kier molecular flexibility index (Phi) is 5.71. The summed E-state index contributed by atoms with van der Waals surface area (Å²) >= 11 is 1.67. The molecule has 0 aliphatic rings. The Morgan fingerprint density at radius 2 is 1.94 bits per heavy atom. The standard InChI is InChI=1S/C13H17NO3S/c1-9(7-12(15)17-2)18-8-10-3-5-11(6-4-10)13(14)16/h3-6,9H,7-8H2,1-2H3,(H2,14,16). The molecule has 1 aromatic rings. The number of esters is 1. The van der Waals surface area contributed by atoms with Gasteiger partial charge in [-0.05, 0) is 17.7 Å². The van der Waals surface area contributed by atoms with Gasteiger partial charge in [-0.2, -0.15) is 11.8 Å². The van der Waals surface area contributed by atoms with E-state index in [0.29, 0.717) is 12.0 Å². The summed E-state index contributed by atoms with van der Waals surface area (Å²) in [6.45, 7) is 1.99. The maximum absolute atomic E-state index is 11.1. The molecule has 18 heavy (non-hydrogen) atoms. The number of ether oxygens (including phenoxy) is 1. The highest BCUT2D eigenvalue weighted by atomic mass is 32.2. The average molecular weight is 267 g/mol.